The predicted molar refractivity (Wildman–Crippen MR) is 75.2 cm³/mol. The van der Waals surface area contributed by atoms with Crippen LogP contribution in [0.15, 0.2) is 29.2 Å². The SMILES string of the molecule is C[C@@H]1CN(CCOc2ccc(S(N)(=O)=O)cc2)CCO1. The number of rotatable bonds is 5. The van der Waals surface area contributed by atoms with E-state index in [1.54, 1.807) is 12.1 Å². The van der Waals surface area contributed by atoms with Crippen LogP contribution in [0.2, 0.25) is 0 Å². The number of ether oxygens (including phenoxy) is 2. The van der Waals surface area contributed by atoms with Crippen LogP contribution in [0.1, 0.15) is 6.92 Å². The smallest absolute Gasteiger partial charge is 0.238 e. The summed E-state index contributed by atoms with van der Waals surface area (Å²) in [6.45, 7) is 6.01. The van der Waals surface area contributed by atoms with Gasteiger partial charge in [-0.1, -0.05) is 0 Å². The molecule has 2 rings (SSSR count). The summed E-state index contributed by atoms with van der Waals surface area (Å²) in [5.74, 6) is 0.638. The Labute approximate surface area is 119 Å². The number of morpholine rings is 1. The van der Waals surface area contributed by atoms with Gasteiger partial charge in [0.1, 0.15) is 12.4 Å². The summed E-state index contributed by atoms with van der Waals surface area (Å²) in [6.07, 6.45) is 0.262. The van der Waals surface area contributed by atoms with Crippen LogP contribution < -0.4 is 9.88 Å². The zero-order chi connectivity index (χ0) is 14.6. The maximum absolute atomic E-state index is 11.1. The molecule has 1 heterocycles. The van der Waals surface area contributed by atoms with Crippen LogP contribution in [0.4, 0.5) is 0 Å². The quantitative estimate of drug-likeness (QED) is 0.853. The van der Waals surface area contributed by atoms with Gasteiger partial charge in [-0.05, 0) is 31.2 Å². The van der Waals surface area contributed by atoms with Crippen molar-refractivity contribution in [3.63, 3.8) is 0 Å². The van der Waals surface area contributed by atoms with Crippen LogP contribution in [-0.2, 0) is 14.8 Å². The van der Waals surface area contributed by atoms with Gasteiger partial charge in [0.25, 0.3) is 0 Å². The Hall–Kier alpha value is -1.15. The van der Waals surface area contributed by atoms with Crippen molar-refractivity contribution in [1.29, 1.82) is 0 Å². The number of benzene rings is 1. The monoisotopic (exact) mass is 300 g/mol. The van der Waals surface area contributed by atoms with E-state index in [4.69, 9.17) is 14.6 Å². The molecule has 0 aromatic heterocycles. The third-order valence-electron chi connectivity index (χ3n) is 3.15. The molecular formula is C13H20N2O4S. The standard InChI is InChI=1S/C13H20N2O4S/c1-11-10-15(6-8-18-11)7-9-19-12-2-4-13(5-3-12)20(14,16)17/h2-5,11H,6-10H2,1H3,(H2,14,16,17)/t11-/m1/s1. The summed E-state index contributed by atoms with van der Waals surface area (Å²) < 4.78 is 33.3. The molecule has 20 heavy (non-hydrogen) atoms. The molecule has 6 nitrogen and oxygen atoms in total. The molecule has 0 saturated carbocycles. The van der Waals surface area contributed by atoms with Crippen molar-refractivity contribution in [3.05, 3.63) is 24.3 Å². The Kier molecular flexibility index (Phi) is 4.98. The second-order valence-corrected chi connectivity index (χ2v) is 6.41. The molecule has 1 aromatic carbocycles. The van der Waals surface area contributed by atoms with E-state index in [1.165, 1.54) is 12.1 Å². The Bertz CT molecular complexity index is 530. The fraction of sp³-hybridized carbons (Fsp3) is 0.538. The molecular weight excluding hydrogens is 280 g/mol. The number of nitrogens with zero attached hydrogens (tertiary/aromatic N) is 1. The van der Waals surface area contributed by atoms with E-state index in [9.17, 15) is 8.42 Å². The minimum atomic E-state index is -3.64. The summed E-state index contributed by atoms with van der Waals surface area (Å²) in [4.78, 5) is 2.37. The molecule has 1 aliphatic rings. The van der Waals surface area contributed by atoms with Gasteiger partial charge in [0.2, 0.25) is 10.0 Å². The lowest BCUT2D eigenvalue weighted by Gasteiger charge is -2.30. The van der Waals surface area contributed by atoms with Gasteiger partial charge < -0.3 is 9.47 Å². The lowest BCUT2D eigenvalue weighted by Crippen LogP contribution is -2.42. The highest BCUT2D eigenvalue weighted by atomic mass is 32.2. The highest BCUT2D eigenvalue weighted by Crippen LogP contribution is 2.15. The van der Waals surface area contributed by atoms with Crippen molar-refractivity contribution in [1.82, 2.24) is 4.90 Å². The van der Waals surface area contributed by atoms with Gasteiger partial charge in [-0.15, -0.1) is 0 Å². The molecule has 1 fully saturated rings. The van der Waals surface area contributed by atoms with E-state index in [1.807, 2.05) is 0 Å². The van der Waals surface area contributed by atoms with Crippen LogP contribution >= 0.6 is 0 Å². The van der Waals surface area contributed by atoms with Crippen molar-refractivity contribution in [2.75, 3.05) is 32.8 Å². The fourth-order valence-electron chi connectivity index (χ4n) is 2.11. The first kappa shape index (κ1) is 15.2. The number of primary sulfonamides is 1. The van der Waals surface area contributed by atoms with Crippen LogP contribution in [0, 0.1) is 0 Å². The van der Waals surface area contributed by atoms with Crippen LogP contribution in [0.25, 0.3) is 0 Å². The van der Waals surface area contributed by atoms with Crippen molar-refractivity contribution in [2.24, 2.45) is 5.14 Å². The van der Waals surface area contributed by atoms with Gasteiger partial charge in [-0.2, -0.15) is 0 Å². The fourth-order valence-corrected chi connectivity index (χ4v) is 2.63. The summed E-state index contributed by atoms with van der Waals surface area (Å²) in [7, 11) is -3.64. The third kappa shape index (κ3) is 4.45. The molecule has 1 atom stereocenters. The number of nitrogens with two attached hydrogens (primary N) is 1. The highest BCUT2D eigenvalue weighted by molar-refractivity contribution is 7.89. The zero-order valence-electron chi connectivity index (χ0n) is 11.5. The van der Waals surface area contributed by atoms with E-state index in [-0.39, 0.29) is 11.0 Å². The first-order valence-corrected chi connectivity index (χ1v) is 8.09. The van der Waals surface area contributed by atoms with Crippen molar-refractivity contribution in [3.8, 4) is 5.75 Å². The maximum Gasteiger partial charge on any atom is 0.238 e. The molecule has 0 amide bonds. The highest BCUT2D eigenvalue weighted by Gasteiger charge is 2.16. The average molecular weight is 300 g/mol. The Morgan fingerprint density at radius 2 is 2.10 bits per heavy atom. The minimum absolute atomic E-state index is 0.0897. The number of hydrogen-bond acceptors (Lipinski definition) is 5. The maximum atomic E-state index is 11.1. The Balaban J connectivity index is 1.79. The van der Waals surface area contributed by atoms with Gasteiger partial charge in [-0.25, -0.2) is 13.6 Å². The largest absolute Gasteiger partial charge is 0.492 e. The molecule has 1 saturated heterocycles. The minimum Gasteiger partial charge on any atom is -0.492 e. The van der Waals surface area contributed by atoms with Gasteiger partial charge in [-0.3, -0.25) is 4.90 Å². The molecule has 1 aromatic rings. The van der Waals surface area contributed by atoms with Gasteiger partial charge >= 0.3 is 0 Å². The van der Waals surface area contributed by atoms with Crippen LogP contribution in [0.5, 0.6) is 5.75 Å². The molecule has 0 spiro atoms. The first-order valence-electron chi connectivity index (χ1n) is 6.55. The molecule has 7 heteroatoms. The summed E-state index contributed by atoms with van der Waals surface area (Å²) >= 11 is 0. The van der Waals surface area contributed by atoms with Gasteiger partial charge in [0, 0.05) is 19.6 Å². The van der Waals surface area contributed by atoms with Crippen molar-refractivity contribution in [2.45, 2.75) is 17.9 Å². The summed E-state index contributed by atoms with van der Waals surface area (Å²) in [6, 6.07) is 6.12. The topological polar surface area (TPSA) is 81.9 Å². The second-order valence-electron chi connectivity index (χ2n) is 4.85. The normalized spacial score (nSPS) is 20.8. The van der Waals surface area contributed by atoms with E-state index >= 15 is 0 Å². The average Bonchev–Trinajstić information content (AvgIpc) is 2.38. The molecule has 0 aliphatic carbocycles. The van der Waals surface area contributed by atoms with E-state index in [0.717, 1.165) is 26.2 Å². The molecule has 0 bridgehead atoms. The molecule has 1 aliphatic heterocycles. The summed E-state index contributed by atoms with van der Waals surface area (Å²) in [5.41, 5.74) is 0. The molecule has 0 unspecified atom stereocenters. The molecule has 0 radical (unpaired) electrons. The first-order chi connectivity index (χ1) is 9.45. The number of hydrogen-bond donors (Lipinski definition) is 1. The summed E-state index contributed by atoms with van der Waals surface area (Å²) in [5, 5.41) is 5.03. The van der Waals surface area contributed by atoms with E-state index < -0.39 is 10.0 Å². The predicted octanol–water partition coefficient (Wildman–Crippen LogP) is 0.434. The van der Waals surface area contributed by atoms with Crippen molar-refractivity contribution < 1.29 is 17.9 Å². The van der Waals surface area contributed by atoms with E-state index in [0.29, 0.717) is 12.4 Å². The lowest BCUT2D eigenvalue weighted by atomic mass is 10.3. The number of sulfonamides is 1. The van der Waals surface area contributed by atoms with E-state index in [2.05, 4.69) is 11.8 Å². The Morgan fingerprint density at radius 3 is 2.70 bits per heavy atom. The van der Waals surface area contributed by atoms with Gasteiger partial charge in [0.15, 0.2) is 0 Å². The second kappa shape index (κ2) is 6.53. The van der Waals surface area contributed by atoms with Gasteiger partial charge in [0.05, 0.1) is 17.6 Å². The van der Waals surface area contributed by atoms with Crippen molar-refractivity contribution >= 4 is 10.0 Å². The lowest BCUT2D eigenvalue weighted by molar-refractivity contribution is -0.0214. The van der Waals surface area contributed by atoms with Crippen LogP contribution in [0.3, 0.4) is 0 Å². The molecule has 112 valence electrons. The Morgan fingerprint density at radius 1 is 1.40 bits per heavy atom. The third-order valence-corrected chi connectivity index (χ3v) is 4.08. The van der Waals surface area contributed by atoms with Crippen LogP contribution in [-0.4, -0.2) is 52.3 Å². The zero-order valence-corrected chi connectivity index (χ0v) is 12.3. The molecule has 2 N–H and O–H groups in total.